The minimum Gasteiger partial charge on any atom is -0.324 e. The number of carbonyl (C=O) groups excluding carboxylic acids is 1. The zero-order valence-corrected chi connectivity index (χ0v) is 14.3. The summed E-state index contributed by atoms with van der Waals surface area (Å²) in [6.07, 6.45) is 5.93. The molecule has 0 saturated carbocycles. The van der Waals surface area contributed by atoms with Crippen LogP contribution in [0.3, 0.4) is 0 Å². The minimum absolute atomic E-state index is 0.0459. The van der Waals surface area contributed by atoms with Crippen molar-refractivity contribution in [1.29, 1.82) is 0 Å². The van der Waals surface area contributed by atoms with Crippen molar-refractivity contribution in [2.75, 3.05) is 19.6 Å². The molecule has 2 aliphatic rings. The van der Waals surface area contributed by atoms with Gasteiger partial charge in [0.1, 0.15) is 0 Å². The molecule has 0 spiro atoms. The first-order chi connectivity index (χ1) is 10.0. The van der Waals surface area contributed by atoms with Gasteiger partial charge in [0.2, 0.25) is 5.91 Å². The molecule has 0 aromatic carbocycles. The van der Waals surface area contributed by atoms with E-state index in [1.54, 1.807) is 0 Å². The fourth-order valence-electron chi connectivity index (χ4n) is 3.68. The topological polar surface area (TPSA) is 35.6 Å². The Balaban J connectivity index is 1.99. The van der Waals surface area contributed by atoms with Gasteiger partial charge in [0.25, 0.3) is 0 Å². The molecule has 0 aromatic heterocycles. The zero-order valence-electron chi connectivity index (χ0n) is 14.3. The van der Waals surface area contributed by atoms with E-state index in [4.69, 9.17) is 0 Å². The molecule has 21 heavy (non-hydrogen) atoms. The fraction of sp³-hybridized carbons (Fsp3) is 0.941. The number of carbonyl (C=O) groups is 1. The molecular weight excluding hydrogens is 262 g/mol. The second kappa shape index (κ2) is 7.59. The van der Waals surface area contributed by atoms with Gasteiger partial charge in [-0.05, 0) is 51.6 Å². The van der Waals surface area contributed by atoms with Gasteiger partial charge in [0.15, 0.2) is 0 Å². The second-order valence-corrected chi connectivity index (χ2v) is 7.24. The molecule has 3 atom stereocenters. The summed E-state index contributed by atoms with van der Waals surface area (Å²) in [6, 6.07) is 0.526. The van der Waals surface area contributed by atoms with Crippen molar-refractivity contribution in [3.8, 4) is 0 Å². The zero-order chi connectivity index (χ0) is 15.4. The Morgan fingerprint density at radius 2 is 1.90 bits per heavy atom. The summed E-state index contributed by atoms with van der Waals surface area (Å²) in [5.41, 5.74) is 0. The van der Waals surface area contributed by atoms with Gasteiger partial charge in [-0.25, -0.2) is 0 Å². The Morgan fingerprint density at radius 1 is 1.24 bits per heavy atom. The van der Waals surface area contributed by atoms with Crippen molar-refractivity contribution >= 4 is 5.91 Å². The Labute approximate surface area is 130 Å². The van der Waals surface area contributed by atoms with Crippen LogP contribution >= 0.6 is 0 Å². The Kier molecular flexibility index (Phi) is 6.06. The highest BCUT2D eigenvalue weighted by molar-refractivity contribution is 5.84. The summed E-state index contributed by atoms with van der Waals surface area (Å²) in [4.78, 5) is 17.3. The molecule has 4 heteroatoms. The van der Waals surface area contributed by atoms with E-state index in [0.29, 0.717) is 17.9 Å². The molecule has 2 rings (SSSR count). The second-order valence-electron chi connectivity index (χ2n) is 7.24. The SMILES string of the molecule is CCCC1NC(CC(C)C)N(CC(C)N2CCCC2)C1=O. The lowest BCUT2D eigenvalue weighted by atomic mass is 10.1. The van der Waals surface area contributed by atoms with Gasteiger partial charge in [-0.3, -0.25) is 15.0 Å². The number of amides is 1. The van der Waals surface area contributed by atoms with Gasteiger partial charge in [-0.2, -0.15) is 0 Å². The highest BCUT2D eigenvalue weighted by Crippen LogP contribution is 2.22. The molecule has 0 aliphatic carbocycles. The molecule has 0 radical (unpaired) electrons. The molecule has 1 N–H and O–H groups in total. The molecule has 0 aromatic rings. The largest absolute Gasteiger partial charge is 0.324 e. The van der Waals surface area contributed by atoms with Crippen LogP contribution < -0.4 is 5.32 Å². The van der Waals surface area contributed by atoms with Gasteiger partial charge >= 0.3 is 0 Å². The first-order valence-corrected chi connectivity index (χ1v) is 8.83. The van der Waals surface area contributed by atoms with Crippen molar-refractivity contribution in [2.24, 2.45) is 5.92 Å². The van der Waals surface area contributed by atoms with Gasteiger partial charge in [0.05, 0.1) is 12.2 Å². The Bertz CT molecular complexity index is 339. The van der Waals surface area contributed by atoms with Crippen molar-refractivity contribution in [3.05, 3.63) is 0 Å². The molecule has 122 valence electrons. The van der Waals surface area contributed by atoms with Gasteiger partial charge < -0.3 is 4.90 Å². The third-order valence-corrected chi connectivity index (χ3v) is 4.85. The number of likely N-dealkylation sites (tertiary alicyclic amines) is 1. The molecule has 1 amide bonds. The van der Waals surface area contributed by atoms with Gasteiger partial charge in [-0.1, -0.05) is 27.2 Å². The minimum atomic E-state index is 0.0459. The molecule has 2 heterocycles. The maximum absolute atomic E-state index is 12.7. The Hall–Kier alpha value is -0.610. The summed E-state index contributed by atoms with van der Waals surface area (Å²) in [5, 5.41) is 3.58. The van der Waals surface area contributed by atoms with Crippen molar-refractivity contribution in [1.82, 2.24) is 15.1 Å². The average molecular weight is 295 g/mol. The van der Waals surface area contributed by atoms with E-state index < -0.39 is 0 Å². The first kappa shape index (κ1) is 16.8. The lowest BCUT2D eigenvalue weighted by molar-refractivity contribution is -0.131. The van der Waals surface area contributed by atoms with Crippen LogP contribution in [0.2, 0.25) is 0 Å². The monoisotopic (exact) mass is 295 g/mol. The molecule has 2 fully saturated rings. The van der Waals surface area contributed by atoms with Crippen LogP contribution in [0.1, 0.15) is 59.8 Å². The summed E-state index contributed by atoms with van der Waals surface area (Å²) in [6.45, 7) is 12.2. The van der Waals surface area contributed by atoms with Crippen LogP contribution in [0.5, 0.6) is 0 Å². The summed E-state index contributed by atoms with van der Waals surface area (Å²) in [5.74, 6) is 0.939. The predicted octanol–water partition coefficient (Wildman–Crippen LogP) is 2.44. The molecule has 2 aliphatic heterocycles. The third kappa shape index (κ3) is 4.19. The highest BCUT2D eigenvalue weighted by atomic mass is 16.2. The third-order valence-electron chi connectivity index (χ3n) is 4.85. The van der Waals surface area contributed by atoms with E-state index in [9.17, 15) is 4.79 Å². The number of hydrogen-bond donors (Lipinski definition) is 1. The smallest absolute Gasteiger partial charge is 0.241 e. The molecule has 2 saturated heterocycles. The van der Waals surface area contributed by atoms with Crippen LogP contribution in [0, 0.1) is 5.92 Å². The summed E-state index contributed by atoms with van der Waals surface area (Å²) < 4.78 is 0. The van der Waals surface area contributed by atoms with Crippen LogP contribution in [-0.4, -0.2) is 53.6 Å². The maximum Gasteiger partial charge on any atom is 0.241 e. The van der Waals surface area contributed by atoms with E-state index >= 15 is 0 Å². The molecule has 0 bridgehead atoms. The van der Waals surface area contributed by atoms with Crippen molar-refractivity contribution < 1.29 is 4.79 Å². The Morgan fingerprint density at radius 3 is 2.48 bits per heavy atom. The maximum atomic E-state index is 12.7. The van der Waals surface area contributed by atoms with E-state index in [-0.39, 0.29) is 12.2 Å². The molecular formula is C17H33N3O. The highest BCUT2D eigenvalue weighted by Gasteiger charge is 2.39. The van der Waals surface area contributed by atoms with Crippen molar-refractivity contribution in [3.63, 3.8) is 0 Å². The van der Waals surface area contributed by atoms with E-state index in [1.165, 1.54) is 25.9 Å². The number of hydrogen-bond acceptors (Lipinski definition) is 3. The number of nitrogens with one attached hydrogen (secondary N) is 1. The van der Waals surface area contributed by atoms with Crippen LogP contribution in [0.25, 0.3) is 0 Å². The predicted molar refractivity (Wildman–Crippen MR) is 87.1 cm³/mol. The lowest BCUT2D eigenvalue weighted by Crippen LogP contribution is -2.46. The number of rotatable bonds is 7. The van der Waals surface area contributed by atoms with Gasteiger partial charge in [-0.15, -0.1) is 0 Å². The van der Waals surface area contributed by atoms with Gasteiger partial charge in [0, 0.05) is 12.6 Å². The van der Waals surface area contributed by atoms with Crippen LogP contribution in [0.4, 0.5) is 0 Å². The summed E-state index contributed by atoms with van der Waals surface area (Å²) >= 11 is 0. The molecule has 4 nitrogen and oxygen atoms in total. The lowest BCUT2D eigenvalue weighted by Gasteiger charge is -2.32. The quantitative estimate of drug-likeness (QED) is 0.783. The van der Waals surface area contributed by atoms with E-state index in [0.717, 1.165) is 25.8 Å². The summed E-state index contributed by atoms with van der Waals surface area (Å²) in [7, 11) is 0. The van der Waals surface area contributed by atoms with E-state index in [2.05, 4.69) is 42.8 Å². The fourth-order valence-corrected chi connectivity index (χ4v) is 3.68. The van der Waals surface area contributed by atoms with Crippen molar-refractivity contribution in [2.45, 2.75) is 78.0 Å². The van der Waals surface area contributed by atoms with Crippen LogP contribution in [0.15, 0.2) is 0 Å². The normalized spacial score (nSPS) is 28.8. The van der Waals surface area contributed by atoms with E-state index in [1.807, 2.05) is 0 Å². The average Bonchev–Trinajstić information content (AvgIpc) is 3.03. The standard InChI is InChI=1S/C17H33N3O/c1-5-8-15-17(21)20(16(18-15)11-13(2)3)12-14(4)19-9-6-7-10-19/h13-16,18H,5-12H2,1-4H3. The first-order valence-electron chi connectivity index (χ1n) is 8.83. The number of nitrogens with zero attached hydrogens (tertiary/aromatic N) is 2. The van der Waals surface area contributed by atoms with Crippen LogP contribution in [-0.2, 0) is 4.79 Å². The molecule has 3 unspecified atom stereocenters.